The smallest absolute Gasteiger partial charge is 0.326 e. The van der Waals surface area contributed by atoms with E-state index in [4.69, 9.17) is 9.47 Å². The highest BCUT2D eigenvalue weighted by Crippen LogP contribution is 2.22. The highest BCUT2D eigenvalue weighted by Gasteiger charge is 2.35. The van der Waals surface area contributed by atoms with Gasteiger partial charge in [-0.2, -0.15) is 0 Å². The van der Waals surface area contributed by atoms with E-state index in [2.05, 4.69) is 0 Å². The zero-order valence-electron chi connectivity index (χ0n) is 13.3. The summed E-state index contributed by atoms with van der Waals surface area (Å²) < 4.78 is 10.6. The normalized spacial score (nSPS) is 11.8. The van der Waals surface area contributed by atoms with Crippen molar-refractivity contribution in [2.75, 3.05) is 0 Å². The van der Waals surface area contributed by atoms with Crippen LogP contribution in [0.2, 0.25) is 0 Å². The van der Waals surface area contributed by atoms with E-state index in [1.807, 2.05) is 26.0 Å². The van der Waals surface area contributed by atoms with E-state index in [1.165, 1.54) is 0 Å². The number of carbonyl (C=O) groups is 2. The molecule has 2 aromatic carbocycles. The first-order valence-electron chi connectivity index (χ1n) is 7.65. The average Bonchev–Trinajstić information content (AvgIpc) is 2.56. The Balaban J connectivity index is 2.12. The van der Waals surface area contributed by atoms with Gasteiger partial charge in [0.05, 0.1) is 0 Å². The lowest BCUT2D eigenvalue weighted by molar-refractivity contribution is -0.153. The van der Waals surface area contributed by atoms with Crippen molar-refractivity contribution in [3.63, 3.8) is 0 Å². The zero-order chi connectivity index (χ0) is 16.7. The summed E-state index contributed by atoms with van der Waals surface area (Å²) in [5, 5.41) is 0. The van der Waals surface area contributed by atoms with Crippen LogP contribution in [0.3, 0.4) is 0 Å². The number of hydrogen-bond acceptors (Lipinski definition) is 4. The minimum absolute atomic E-state index is 0.178. The van der Waals surface area contributed by atoms with Gasteiger partial charge in [0.25, 0.3) is 0 Å². The number of para-hydroxylation sites is 2. The minimum Gasteiger partial charge on any atom is -0.426 e. The number of rotatable bonds is 6. The van der Waals surface area contributed by atoms with Crippen LogP contribution in [0.15, 0.2) is 60.7 Å². The molecular weight excluding hydrogens is 292 g/mol. The first kappa shape index (κ1) is 16.7. The molecule has 0 radical (unpaired) electrons. The molecule has 1 atom stereocenters. The fraction of sp³-hybridized carbons (Fsp3) is 0.263. The number of esters is 2. The highest BCUT2D eigenvalue weighted by atomic mass is 16.6. The van der Waals surface area contributed by atoms with Crippen LogP contribution >= 0.6 is 0 Å². The molecule has 0 saturated carbocycles. The predicted octanol–water partition coefficient (Wildman–Crippen LogP) is 3.86. The maximum Gasteiger partial charge on any atom is 0.326 e. The van der Waals surface area contributed by atoms with Crippen molar-refractivity contribution in [1.82, 2.24) is 0 Å². The van der Waals surface area contributed by atoms with E-state index >= 15 is 0 Å². The molecule has 0 saturated heterocycles. The van der Waals surface area contributed by atoms with Gasteiger partial charge in [0.15, 0.2) is 5.92 Å². The third-order valence-corrected chi connectivity index (χ3v) is 3.64. The van der Waals surface area contributed by atoms with Crippen LogP contribution < -0.4 is 9.47 Å². The number of benzene rings is 2. The fourth-order valence-electron chi connectivity index (χ4n) is 2.13. The Hall–Kier alpha value is -2.62. The van der Waals surface area contributed by atoms with Crippen molar-refractivity contribution in [1.29, 1.82) is 0 Å². The minimum atomic E-state index is -0.958. The standard InChI is InChI=1S/C19H20O4/c1-3-14(2)17(18(20)22-15-10-6-4-7-11-15)19(21)23-16-12-8-5-9-13-16/h4-14,17H,3H2,1-2H3. The quantitative estimate of drug-likeness (QED) is 0.462. The maximum atomic E-state index is 12.4. The molecule has 0 spiro atoms. The van der Waals surface area contributed by atoms with Gasteiger partial charge in [0, 0.05) is 0 Å². The molecule has 0 aliphatic heterocycles. The molecule has 2 rings (SSSR count). The van der Waals surface area contributed by atoms with Crippen molar-refractivity contribution in [3.8, 4) is 11.5 Å². The molecule has 0 fully saturated rings. The Bertz CT molecular complexity index is 583. The van der Waals surface area contributed by atoms with Crippen LogP contribution in [-0.2, 0) is 9.59 Å². The molecule has 120 valence electrons. The summed E-state index contributed by atoms with van der Waals surface area (Å²) in [6, 6.07) is 17.4. The van der Waals surface area contributed by atoms with Crippen LogP contribution in [0, 0.1) is 11.8 Å². The molecule has 2 aromatic rings. The van der Waals surface area contributed by atoms with Crippen molar-refractivity contribution in [3.05, 3.63) is 60.7 Å². The Morgan fingerprint density at radius 2 is 1.22 bits per heavy atom. The van der Waals surface area contributed by atoms with Crippen LogP contribution in [0.5, 0.6) is 11.5 Å². The fourth-order valence-corrected chi connectivity index (χ4v) is 2.13. The van der Waals surface area contributed by atoms with E-state index < -0.39 is 17.9 Å². The molecule has 23 heavy (non-hydrogen) atoms. The summed E-state index contributed by atoms with van der Waals surface area (Å²) in [5.41, 5.74) is 0. The van der Waals surface area contributed by atoms with Crippen molar-refractivity contribution in [2.24, 2.45) is 11.8 Å². The molecule has 0 heterocycles. The van der Waals surface area contributed by atoms with Crippen molar-refractivity contribution >= 4 is 11.9 Å². The summed E-state index contributed by atoms with van der Waals surface area (Å²) >= 11 is 0. The second kappa shape index (κ2) is 8.13. The van der Waals surface area contributed by atoms with Crippen LogP contribution in [0.1, 0.15) is 20.3 Å². The first-order valence-corrected chi connectivity index (χ1v) is 7.65. The van der Waals surface area contributed by atoms with Gasteiger partial charge < -0.3 is 9.47 Å². The lowest BCUT2D eigenvalue weighted by Gasteiger charge is -2.19. The average molecular weight is 312 g/mol. The molecule has 0 N–H and O–H groups in total. The Labute approximate surface area is 136 Å². The molecule has 0 aliphatic carbocycles. The molecule has 0 bridgehead atoms. The van der Waals surface area contributed by atoms with Crippen LogP contribution in [0.25, 0.3) is 0 Å². The highest BCUT2D eigenvalue weighted by molar-refractivity contribution is 5.97. The summed E-state index contributed by atoms with van der Waals surface area (Å²) in [7, 11) is 0. The number of ether oxygens (including phenoxy) is 2. The van der Waals surface area contributed by atoms with E-state index in [0.717, 1.165) is 0 Å². The zero-order valence-corrected chi connectivity index (χ0v) is 13.3. The molecule has 1 unspecified atom stereocenters. The largest absolute Gasteiger partial charge is 0.426 e. The van der Waals surface area contributed by atoms with Gasteiger partial charge in [-0.1, -0.05) is 56.7 Å². The van der Waals surface area contributed by atoms with E-state index in [0.29, 0.717) is 17.9 Å². The summed E-state index contributed by atoms with van der Waals surface area (Å²) in [4.78, 5) is 24.8. The van der Waals surface area contributed by atoms with Gasteiger partial charge in [-0.05, 0) is 30.2 Å². The Morgan fingerprint density at radius 3 is 1.57 bits per heavy atom. The van der Waals surface area contributed by atoms with Crippen LogP contribution in [0.4, 0.5) is 0 Å². The molecule has 0 amide bonds. The van der Waals surface area contributed by atoms with Crippen molar-refractivity contribution in [2.45, 2.75) is 20.3 Å². The van der Waals surface area contributed by atoms with E-state index in [1.54, 1.807) is 48.5 Å². The SMILES string of the molecule is CCC(C)C(C(=O)Oc1ccccc1)C(=O)Oc1ccccc1. The predicted molar refractivity (Wildman–Crippen MR) is 87.1 cm³/mol. The van der Waals surface area contributed by atoms with Gasteiger partial charge in [-0.25, -0.2) is 0 Å². The third kappa shape index (κ3) is 4.68. The molecular formula is C19H20O4. The van der Waals surface area contributed by atoms with E-state index in [-0.39, 0.29) is 5.92 Å². The number of carbonyl (C=O) groups excluding carboxylic acids is 2. The van der Waals surface area contributed by atoms with Gasteiger partial charge in [-0.15, -0.1) is 0 Å². The van der Waals surface area contributed by atoms with Gasteiger partial charge in [0.2, 0.25) is 0 Å². The molecule has 4 nitrogen and oxygen atoms in total. The van der Waals surface area contributed by atoms with Crippen LogP contribution in [-0.4, -0.2) is 11.9 Å². The second-order valence-electron chi connectivity index (χ2n) is 5.33. The third-order valence-electron chi connectivity index (χ3n) is 3.64. The van der Waals surface area contributed by atoms with E-state index in [9.17, 15) is 9.59 Å². The lowest BCUT2D eigenvalue weighted by Crippen LogP contribution is -2.36. The van der Waals surface area contributed by atoms with Gasteiger partial charge >= 0.3 is 11.9 Å². The monoisotopic (exact) mass is 312 g/mol. The molecule has 4 heteroatoms. The molecule has 0 aliphatic rings. The van der Waals surface area contributed by atoms with Gasteiger partial charge in [0.1, 0.15) is 11.5 Å². The first-order chi connectivity index (χ1) is 11.1. The van der Waals surface area contributed by atoms with Crippen molar-refractivity contribution < 1.29 is 19.1 Å². The summed E-state index contributed by atoms with van der Waals surface area (Å²) in [6.07, 6.45) is 0.665. The maximum absolute atomic E-state index is 12.4. The molecule has 0 aromatic heterocycles. The number of hydrogen-bond donors (Lipinski definition) is 0. The topological polar surface area (TPSA) is 52.6 Å². The lowest BCUT2D eigenvalue weighted by atomic mass is 9.92. The summed E-state index contributed by atoms with van der Waals surface area (Å²) in [5.74, 6) is -1.49. The Morgan fingerprint density at radius 1 is 0.826 bits per heavy atom. The Kier molecular flexibility index (Phi) is 5.92. The second-order valence-corrected chi connectivity index (χ2v) is 5.33. The van der Waals surface area contributed by atoms with Gasteiger partial charge in [-0.3, -0.25) is 9.59 Å². The summed E-state index contributed by atoms with van der Waals surface area (Å²) in [6.45, 7) is 3.76.